The Labute approximate surface area is 145 Å². The summed E-state index contributed by atoms with van der Waals surface area (Å²) in [6, 6.07) is 20.5. The second kappa shape index (κ2) is 7.31. The summed E-state index contributed by atoms with van der Waals surface area (Å²) in [4.78, 5) is 14.7. The first kappa shape index (κ1) is 16.9. The monoisotopic (exact) mass is 321 g/mol. The molecule has 2 atom stereocenters. The van der Waals surface area contributed by atoms with Gasteiger partial charge in [0.15, 0.2) is 5.78 Å². The highest BCUT2D eigenvalue weighted by Gasteiger charge is 2.37. The Hall–Kier alpha value is -1.93. The van der Waals surface area contributed by atoms with Crippen molar-refractivity contribution in [2.75, 3.05) is 19.6 Å². The van der Waals surface area contributed by atoms with Crippen molar-refractivity contribution in [1.82, 2.24) is 4.90 Å². The van der Waals surface area contributed by atoms with E-state index in [-0.39, 0.29) is 11.2 Å². The first-order valence-electron chi connectivity index (χ1n) is 8.96. The van der Waals surface area contributed by atoms with Crippen LogP contribution in [0.5, 0.6) is 0 Å². The highest BCUT2D eigenvalue weighted by molar-refractivity contribution is 5.96. The van der Waals surface area contributed by atoms with Gasteiger partial charge in [-0.05, 0) is 29.9 Å². The van der Waals surface area contributed by atoms with Crippen LogP contribution < -0.4 is 0 Å². The van der Waals surface area contributed by atoms with E-state index in [1.165, 1.54) is 5.56 Å². The molecule has 0 aliphatic carbocycles. The van der Waals surface area contributed by atoms with Gasteiger partial charge in [-0.1, -0.05) is 74.5 Å². The molecular formula is C22H27NO. The first-order valence-corrected chi connectivity index (χ1v) is 8.96. The normalized spacial score (nSPS) is 24.7. The number of likely N-dealkylation sites (tertiary alicyclic amines) is 1. The van der Waals surface area contributed by atoms with E-state index < -0.39 is 0 Å². The number of rotatable bonds is 5. The van der Waals surface area contributed by atoms with Crippen LogP contribution in [-0.2, 0) is 5.41 Å². The lowest BCUT2D eigenvalue weighted by Crippen LogP contribution is -2.47. The Morgan fingerprint density at radius 1 is 1.08 bits per heavy atom. The molecule has 2 aromatic rings. The Kier molecular flexibility index (Phi) is 5.15. The van der Waals surface area contributed by atoms with E-state index in [9.17, 15) is 4.79 Å². The number of carbonyl (C=O) groups is 1. The fraction of sp³-hybridized carbons (Fsp3) is 0.409. The summed E-state index contributed by atoms with van der Waals surface area (Å²) in [5, 5.41) is 0. The second-order valence-electron chi connectivity index (χ2n) is 7.27. The minimum Gasteiger partial charge on any atom is -0.303 e. The lowest BCUT2D eigenvalue weighted by Gasteiger charge is -2.45. The van der Waals surface area contributed by atoms with Crippen LogP contribution in [0, 0.1) is 5.92 Å². The van der Waals surface area contributed by atoms with Crippen molar-refractivity contribution in [3.8, 4) is 0 Å². The molecule has 1 heterocycles. The highest BCUT2D eigenvalue weighted by atomic mass is 16.1. The largest absolute Gasteiger partial charge is 0.303 e. The topological polar surface area (TPSA) is 20.3 Å². The van der Waals surface area contributed by atoms with Crippen LogP contribution >= 0.6 is 0 Å². The van der Waals surface area contributed by atoms with Crippen LogP contribution in [0.4, 0.5) is 0 Å². The number of Topliss-reactive ketones (excluding diaryl/α,β-unsaturated/α-hetero) is 1. The van der Waals surface area contributed by atoms with Crippen molar-refractivity contribution >= 4 is 5.78 Å². The van der Waals surface area contributed by atoms with E-state index in [0.29, 0.717) is 12.3 Å². The highest BCUT2D eigenvalue weighted by Crippen LogP contribution is 2.39. The molecule has 0 spiro atoms. The summed E-state index contributed by atoms with van der Waals surface area (Å²) in [7, 11) is 0. The average Bonchev–Trinajstić information content (AvgIpc) is 2.64. The Balaban J connectivity index is 1.57. The molecule has 3 rings (SSSR count). The molecule has 1 saturated heterocycles. The zero-order valence-corrected chi connectivity index (χ0v) is 14.7. The van der Waals surface area contributed by atoms with Gasteiger partial charge in [-0.3, -0.25) is 4.79 Å². The second-order valence-corrected chi connectivity index (χ2v) is 7.27. The number of hydrogen-bond donors (Lipinski definition) is 0. The SMILES string of the molecule is CC1CN(CCC(=O)c2ccccc2)CCC1(C)c1ccccc1. The van der Waals surface area contributed by atoms with E-state index in [2.05, 4.69) is 49.1 Å². The van der Waals surface area contributed by atoms with Crippen molar-refractivity contribution < 1.29 is 4.79 Å². The lowest BCUT2D eigenvalue weighted by molar-refractivity contribution is 0.0887. The van der Waals surface area contributed by atoms with Crippen molar-refractivity contribution in [2.45, 2.75) is 32.1 Å². The maximum atomic E-state index is 12.3. The fourth-order valence-corrected chi connectivity index (χ4v) is 3.80. The molecule has 2 nitrogen and oxygen atoms in total. The standard InChI is InChI=1S/C22H27NO/c1-18-17-23(15-13-21(24)19-9-5-3-6-10-19)16-14-22(18,2)20-11-7-4-8-12-20/h3-12,18H,13-17H2,1-2H3. The maximum Gasteiger partial charge on any atom is 0.164 e. The Morgan fingerprint density at radius 3 is 2.33 bits per heavy atom. The van der Waals surface area contributed by atoms with Crippen LogP contribution in [0.1, 0.15) is 42.6 Å². The van der Waals surface area contributed by atoms with Gasteiger partial charge in [0, 0.05) is 25.1 Å². The molecule has 0 saturated carbocycles. The van der Waals surface area contributed by atoms with Gasteiger partial charge in [0.25, 0.3) is 0 Å². The maximum absolute atomic E-state index is 12.3. The molecule has 0 N–H and O–H groups in total. The number of carbonyl (C=O) groups excluding carboxylic acids is 1. The van der Waals surface area contributed by atoms with Crippen molar-refractivity contribution in [3.63, 3.8) is 0 Å². The molecule has 126 valence electrons. The van der Waals surface area contributed by atoms with E-state index in [4.69, 9.17) is 0 Å². The molecule has 1 aliphatic rings. The lowest BCUT2D eigenvalue weighted by atomic mass is 9.68. The van der Waals surface area contributed by atoms with Crippen molar-refractivity contribution in [1.29, 1.82) is 0 Å². The van der Waals surface area contributed by atoms with Gasteiger partial charge in [0.2, 0.25) is 0 Å². The summed E-state index contributed by atoms with van der Waals surface area (Å²) >= 11 is 0. The van der Waals surface area contributed by atoms with E-state index in [1.807, 2.05) is 30.3 Å². The molecule has 0 bridgehead atoms. The van der Waals surface area contributed by atoms with Gasteiger partial charge >= 0.3 is 0 Å². The summed E-state index contributed by atoms with van der Waals surface area (Å²) in [5.41, 5.74) is 2.51. The molecule has 0 radical (unpaired) electrons. The van der Waals surface area contributed by atoms with Crippen LogP contribution in [0.2, 0.25) is 0 Å². The third kappa shape index (κ3) is 3.59. The average molecular weight is 321 g/mol. The number of benzene rings is 2. The summed E-state index contributed by atoms with van der Waals surface area (Å²) < 4.78 is 0. The van der Waals surface area contributed by atoms with Gasteiger partial charge in [-0.15, -0.1) is 0 Å². The minimum absolute atomic E-state index is 0.237. The summed E-state index contributed by atoms with van der Waals surface area (Å²) in [6.45, 7) is 7.73. The molecule has 2 heteroatoms. The predicted octanol–water partition coefficient (Wildman–Crippen LogP) is 4.56. The van der Waals surface area contributed by atoms with Gasteiger partial charge in [-0.25, -0.2) is 0 Å². The summed E-state index contributed by atoms with van der Waals surface area (Å²) in [6.07, 6.45) is 1.76. The third-order valence-electron chi connectivity index (χ3n) is 5.75. The number of hydrogen-bond acceptors (Lipinski definition) is 2. The summed E-state index contributed by atoms with van der Waals surface area (Å²) in [5.74, 6) is 0.833. The zero-order chi connectivity index (χ0) is 17.0. The fourth-order valence-electron chi connectivity index (χ4n) is 3.80. The molecule has 2 aromatic carbocycles. The quantitative estimate of drug-likeness (QED) is 0.753. The van der Waals surface area contributed by atoms with E-state index in [1.54, 1.807) is 0 Å². The number of ketones is 1. The first-order chi connectivity index (χ1) is 11.6. The van der Waals surface area contributed by atoms with Gasteiger partial charge in [0.1, 0.15) is 0 Å². The number of piperidine rings is 1. The Bertz CT molecular complexity index is 667. The molecule has 2 unspecified atom stereocenters. The zero-order valence-electron chi connectivity index (χ0n) is 14.7. The molecule has 24 heavy (non-hydrogen) atoms. The molecule has 0 aromatic heterocycles. The molecule has 1 fully saturated rings. The smallest absolute Gasteiger partial charge is 0.164 e. The van der Waals surface area contributed by atoms with Crippen LogP contribution in [-0.4, -0.2) is 30.3 Å². The van der Waals surface area contributed by atoms with Crippen molar-refractivity contribution in [2.24, 2.45) is 5.92 Å². The minimum atomic E-state index is 0.237. The predicted molar refractivity (Wildman–Crippen MR) is 99.4 cm³/mol. The molecule has 1 aliphatic heterocycles. The van der Waals surface area contributed by atoms with Crippen molar-refractivity contribution in [3.05, 3.63) is 71.8 Å². The van der Waals surface area contributed by atoms with Gasteiger partial charge < -0.3 is 4.90 Å². The Morgan fingerprint density at radius 2 is 1.71 bits per heavy atom. The van der Waals surface area contributed by atoms with Crippen LogP contribution in [0.15, 0.2) is 60.7 Å². The van der Waals surface area contributed by atoms with E-state index in [0.717, 1.165) is 31.6 Å². The third-order valence-corrected chi connectivity index (χ3v) is 5.75. The molecular weight excluding hydrogens is 294 g/mol. The number of nitrogens with zero attached hydrogens (tertiary/aromatic N) is 1. The van der Waals surface area contributed by atoms with Crippen LogP contribution in [0.25, 0.3) is 0 Å². The van der Waals surface area contributed by atoms with Gasteiger partial charge in [0.05, 0.1) is 0 Å². The molecule has 0 amide bonds. The van der Waals surface area contributed by atoms with E-state index >= 15 is 0 Å². The van der Waals surface area contributed by atoms with Gasteiger partial charge in [-0.2, -0.15) is 0 Å². The van der Waals surface area contributed by atoms with Crippen LogP contribution in [0.3, 0.4) is 0 Å².